The molecule has 78 valence electrons. The topological polar surface area (TPSA) is 41.6 Å². The van der Waals surface area contributed by atoms with Gasteiger partial charge in [-0.25, -0.2) is 9.97 Å². The van der Waals surface area contributed by atoms with Gasteiger partial charge in [0, 0.05) is 18.6 Å². The van der Waals surface area contributed by atoms with E-state index in [2.05, 4.69) is 35.7 Å². The van der Waals surface area contributed by atoms with Gasteiger partial charge < -0.3 is 4.98 Å². The molecule has 0 aromatic carbocycles. The lowest BCUT2D eigenvalue weighted by atomic mass is 9.89. The number of aromatic amines is 1. The molecule has 0 saturated carbocycles. The van der Waals surface area contributed by atoms with E-state index in [0.29, 0.717) is 0 Å². The maximum Gasteiger partial charge on any atom is 0.175 e. The van der Waals surface area contributed by atoms with Gasteiger partial charge in [-0.15, -0.1) is 0 Å². The van der Waals surface area contributed by atoms with Crippen LogP contribution in [0, 0.1) is 0 Å². The van der Waals surface area contributed by atoms with Crippen molar-refractivity contribution < 1.29 is 0 Å². The van der Waals surface area contributed by atoms with E-state index in [0.717, 1.165) is 17.1 Å². The lowest BCUT2D eigenvalue weighted by molar-refractivity contribution is 0.584. The standard InChI is InChI=1S/C12H15N3/c1-12(2,3)9-7-14-11(15-8-9)10-5-4-6-13-10/h4-8,13H,1-3H3. The van der Waals surface area contributed by atoms with E-state index in [1.165, 1.54) is 0 Å². The van der Waals surface area contributed by atoms with E-state index in [-0.39, 0.29) is 5.41 Å². The number of hydrogen-bond acceptors (Lipinski definition) is 2. The molecule has 2 heterocycles. The second kappa shape index (κ2) is 3.50. The zero-order valence-electron chi connectivity index (χ0n) is 9.28. The molecule has 2 aromatic rings. The third-order valence-electron chi connectivity index (χ3n) is 2.36. The second-order valence-corrected chi connectivity index (χ2v) is 4.63. The maximum atomic E-state index is 4.35. The summed E-state index contributed by atoms with van der Waals surface area (Å²) in [6.45, 7) is 6.46. The van der Waals surface area contributed by atoms with E-state index < -0.39 is 0 Å². The average molecular weight is 201 g/mol. The number of hydrogen-bond donors (Lipinski definition) is 1. The van der Waals surface area contributed by atoms with Gasteiger partial charge >= 0.3 is 0 Å². The fraction of sp³-hybridized carbons (Fsp3) is 0.333. The highest BCUT2D eigenvalue weighted by molar-refractivity contribution is 5.48. The van der Waals surface area contributed by atoms with Gasteiger partial charge in [0.15, 0.2) is 5.82 Å². The Bertz CT molecular complexity index is 421. The van der Waals surface area contributed by atoms with Gasteiger partial charge in [-0.3, -0.25) is 0 Å². The largest absolute Gasteiger partial charge is 0.359 e. The van der Waals surface area contributed by atoms with Crippen molar-refractivity contribution in [2.75, 3.05) is 0 Å². The van der Waals surface area contributed by atoms with Crippen LogP contribution in [0.3, 0.4) is 0 Å². The predicted octanol–water partition coefficient (Wildman–Crippen LogP) is 2.77. The second-order valence-electron chi connectivity index (χ2n) is 4.63. The van der Waals surface area contributed by atoms with Gasteiger partial charge in [0.2, 0.25) is 0 Å². The zero-order valence-corrected chi connectivity index (χ0v) is 9.28. The van der Waals surface area contributed by atoms with Gasteiger partial charge in [0.05, 0.1) is 5.69 Å². The van der Waals surface area contributed by atoms with E-state index in [4.69, 9.17) is 0 Å². The fourth-order valence-corrected chi connectivity index (χ4v) is 1.32. The molecule has 0 aliphatic heterocycles. The monoisotopic (exact) mass is 201 g/mol. The highest BCUT2D eigenvalue weighted by atomic mass is 14.9. The van der Waals surface area contributed by atoms with Gasteiger partial charge in [-0.05, 0) is 23.1 Å². The maximum absolute atomic E-state index is 4.35. The normalized spacial score (nSPS) is 11.7. The molecule has 15 heavy (non-hydrogen) atoms. The molecule has 0 bridgehead atoms. The predicted molar refractivity (Wildman–Crippen MR) is 60.5 cm³/mol. The average Bonchev–Trinajstić information content (AvgIpc) is 2.69. The summed E-state index contributed by atoms with van der Waals surface area (Å²) in [5.74, 6) is 0.744. The Morgan fingerprint density at radius 2 is 1.80 bits per heavy atom. The number of nitrogens with one attached hydrogen (secondary N) is 1. The highest BCUT2D eigenvalue weighted by Gasteiger charge is 2.14. The van der Waals surface area contributed by atoms with Crippen molar-refractivity contribution >= 4 is 0 Å². The quantitative estimate of drug-likeness (QED) is 0.770. The SMILES string of the molecule is CC(C)(C)c1cnc(-c2ccc[nH]2)nc1. The smallest absolute Gasteiger partial charge is 0.175 e. The fourth-order valence-electron chi connectivity index (χ4n) is 1.32. The number of nitrogens with zero attached hydrogens (tertiary/aromatic N) is 2. The number of H-pyrrole nitrogens is 1. The molecule has 1 N–H and O–H groups in total. The van der Waals surface area contributed by atoms with Crippen LogP contribution in [0.1, 0.15) is 26.3 Å². The van der Waals surface area contributed by atoms with Gasteiger partial charge in [-0.2, -0.15) is 0 Å². The molecular weight excluding hydrogens is 186 g/mol. The Labute approximate surface area is 89.6 Å². The Morgan fingerprint density at radius 1 is 1.13 bits per heavy atom. The Balaban J connectivity index is 2.33. The summed E-state index contributed by atoms with van der Waals surface area (Å²) in [7, 11) is 0. The molecule has 0 spiro atoms. The van der Waals surface area contributed by atoms with Crippen LogP contribution < -0.4 is 0 Å². The molecule has 2 rings (SSSR count). The summed E-state index contributed by atoms with van der Waals surface area (Å²) < 4.78 is 0. The van der Waals surface area contributed by atoms with Crippen molar-refractivity contribution in [2.45, 2.75) is 26.2 Å². The third-order valence-corrected chi connectivity index (χ3v) is 2.36. The van der Waals surface area contributed by atoms with Crippen LogP contribution >= 0.6 is 0 Å². The lowest BCUT2D eigenvalue weighted by Gasteiger charge is -2.17. The molecule has 0 atom stereocenters. The molecule has 2 aromatic heterocycles. The summed E-state index contributed by atoms with van der Waals surface area (Å²) >= 11 is 0. The van der Waals surface area contributed by atoms with E-state index in [1.54, 1.807) is 0 Å². The first-order valence-electron chi connectivity index (χ1n) is 5.03. The molecule has 0 saturated heterocycles. The van der Waals surface area contributed by atoms with Gasteiger partial charge in [0.1, 0.15) is 0 Å². The minimum Gasteiger partial charge on any atom is -0.359 e. The van der Waals surface area contributed by atoms with Crippen molar-refractivity contribution in [3.8, 4) is 11.5 Å². The molecule has 0 unspecified atom stereocenters. The Hall–Kier alpha value is -1.64. The first kappa shape index (κ1) is 9.90. The molecule has 0 fully saturated rings. The lowest BCUT2D eigenvalue weighted by Crippen LogP contribution is -2.12. The number of rotatable bonds is 1. The van der Waals surface area contributed by atoms with Crippen molar-refractivity contribution in [1.82, 2.24) is 15.0 Å². The molecule has 0 radical (unpaired) electrons. The van der Waals surface area contributed by atoms with Gasteiger partial charge in [0.25, 0.3) is 0 Å². The minimum atomic E-state index is 0.105. The Kier molecular flexibility index (Phi) is 2.31. The first-order valence-corrected chi connectivity index (χ1v) is 5.03. The van der Waals surface area contributed by atoms with Crippen LogP contribution in [-0.4, -0.2) is 15.0 Å². The van der Waals surface area contributed by atoms with Crippen molar-refractivity contribution in [2.24, 2.45) is 0 Å². The van der Waals surface area contributed by atoms with Crippen LogP contribution in [0.4, 0.5) is 0 Å². The molecule has 0 amide bonds. The van der Waals surface area contributed by atoms with Crippen LogP contribution in [0.15, 0.2) is 30.7 Å². The molecule has 3 nitrogen and oxygen atoms in total. The van der Waals surface area contributed by atoms with E-state index in [9.17, 15) is 0 Å². The molecule has 3 heteroatoms. The summed E-state index contributed by atoms with van der Waals surface area (Å²) in [5.41, 5.74) is 2.21. The van der Waals surface area contributed by atoms with Gasteiger partial charge in [-0.1, -0.05) is 20.8 Å². The summed E-state index contributed by atoms with van der Waals surface area (Å²) in [6, 6.07) is 3.91. The highest BCUT2D eigenvalue weighted by Crippen LogP contribution is 2.21. The van der Waals surface area contributed by atoms with E-state index in [1.807, 2.05) is 30.7 Å². The zero-order chi connectivity index (χ0) is 10.9. The van der Waals surface area contributed by atoms with E-state index >= 15 is 0 Å². The summed E-state index contributed by atoms with van der Waals surface area (Å²) in [6.07, 6.45) is 5.66. The molecule has 0 aliphatic carbocycles. The first-order chi connectivity index (χ1) is 7.07. The van der Waals surface area contributed by atoms with Crippen molar-refractivity contribution in [1.29, 1.82) is 0 Å². The van der Waals surface area contributed by atoms with Crippen LogP contribution in [0.2, 0.25) is 0 Å². The Morgan fingerprint density at radius 3 is 2.27 bits per heavy atom. The summed E-state index contributed by atoms with van der Waals surface area (Å²) in [4.78, 5) is 11.8. The van der Waals surface area contributed by atoms with Crippen molar-refractivity contribution in [3.63, 3.8) is 0 Å². The molecular formula is C12H15N3. The minimum absolute atomic E-state index is 0.105. The third kappa shape index (κ3) is 2.06. The number of aromatic nitrogens is 3. The van der Waals surface area contributed by atoms with Crippen LogP contribution in [-0.2, 0) is 5.41 Å². The van der Waals surface area contributed by atoms with Crippen molar-refractivity contribution in [3.05, 3.63) is 36.3 Å². The van der Waals surface area contributed by atoms with Crippen LogP contribution in [0.5, 0.6) is 0 Å². The van der Waals surface area contributed by atoms with Crippen LogP contribution in [0.25, 0.3) is 11.5 Å². The summed E-state index contributed by atoms with van der Waals surface area (Å²) in [5, 5.41) is 0. The molecule has 0 aliphatic rings.